The van der Waals surface area contributed by atoms with E-state index in [1.54, 1.807) is 18.2 Å². The first-order valence-corrected chi connectivity index (χ1v) is 13.3. The largest absolute Gasteiger partial charge is 0.487 e. The Kier molecular flexibility index (Phi) is 5.36. The van der Waals surface area contributed by atoms with Crippen molar-refractivity contribution in [2.24, 2.45) is 5.92 Å². The Labute approximate surface area is 207 Å². The number of hydrogen-bond acceptors (Lipinski definition) is 5. The van der Waals surface area contributed by atoms with Crippen LogP contribution >= 0.6 is 0 Å². The van der Waals surface area contributed by atoms with E-state index in [1.165, 1.54) is 0 Å². The van der Waals surface area contributed by atoms with E-state index >= 15 is 4.39 Å². The summed E-state index contributed by atoms with van der Waals surface area (Å²) in [5.74, 6) is -1.04. The Morgan fingerprint density at radius 3 is 2.50 bits per heavy atom. The van der Waals surface area contributed by atoms with Crippen molar-refractivity contribution in [1.29, 1.82) is 0 Å². The molecule has 186 valence electrons. The van der Waals surface area contributed by atoms with Crippen LogP contribution in [0.1, 0.15) is 29.9 Å². The predicted octanol–water partition coefficient (Wildman–Crippen LogP) is 3.07. The molecule has 0 radical (unpaired) electrons. The van der Waals surface area contributed by atoms with Crippen molar-refractivity contribution in [3.8, 4) is 5.75 Å². The van der Waals surface area contributed by atoms with Gasteiger partial charge in [-0.2, -0.15) is 8.42 Å². The second-order valence-electron chi connectivity index (χ2n) is 9.54. The molecule has 0 unspecified atom stereocenters. The van der Waals surface area contributed by atoms with Gasteiger partial charge >= 0.3 is 10.2 Å². The number of amides is 2. The van der Waals surface area contributed by atoms with Gasteiger partial charge in [0.2, 0.25) is 5.91 Å². The Bertz CT molecular complexity index is 1480. The van der Waals surface area contributed by atoms with Crippen molar-refractivity contribution in [2.75, 3.05) is 23.9 Å². The van der Waals surface area contributed by atoms with Crippen molar-refractivity contribution in [3.63, 3.8) is 0 Å². The first-order chi connectivity index (χ1) is 17.3. The molecule has 1 saturated carbocycles. The van der Waals surface area contributed by atoms with E-state index < -0.39 is 28.5 Å². The van der Waals surface area contributed by atoms with Crippen LogP contribution < -0.4 is 13.8 Å². The highest BCUT2D eigenvalue weighted by molar-refractivity contribution is 7.92. The Morgan fingerprint density at radius 2 is 1.83 bits per heavy atom. The van der Waals surface area contributed by atoms with E-state index in [-0.39, 0.29) is 41.2 Å². The van der Waals surface area contributed by atoms with Gasteiger partial charge in [0, 0.05) is 30.3 Å². The van der Waals surface area contributed by atoms with E-state index in [2.05, 4.69) is 0 Å². The highest BCUT2D eigenvalue weighted by Gasteiger charge is 2.40. The predicted molar refractivity (Wildman–Crippen MR) is 131 cm³/mol. The zero-order valence-electron chi connectivity index (χ0n) is 19.3. The van der Waals surface area contributed by atoms with Gasteiger partial charge in [0.15, 0.2) is 5.82 Å². The van der Waals surface area contributed by atoms with Gasteiger partial charge in [0.1, 0.15) is 24.6 Å². The van der Waals surface area contributed by atoms with Gasteiger partial charge in [-0.3, -0.25) is 9.59 Å². The lowest BCUT2D eigenvalue weighted by molar-refractivity contribution is -0.137. The van der Waals surface area contributed by atoms with E-state index in [0.717, 1.165) is 28.3 Å². The zero-order chi connectivity index (χ0) is 25.0. The maximum atomic E-state index is 16.1. The summed E-state index contributed by atoms with van der Waals surface area (Å²) in [6.07, 6.45) is 1.91. The van der Waals surface area contributed by atoms with Crippen molar-refractivity contribution in [3.05, 3.63) is 71.5 Å². The van der Waals surface area contributed by atoms with Crippen molar-refractivity contribution < 1.29 is 27.1 Å². The number of carbonyl (C=O) groups is 2. The highest BCUT2D eigenvalue weighted by Crippen LogP contribution is 2.41. The number of hydrogen-bond donors (Lipinski definition) is 1. The molecule has 36 heavy (non-hydrogen) atoms. The van der Waals surface area contributed by atoms with Gasteiger partial charge in [-0.1, -0.05) is 42.5 Å². The minimum absolute atomic E-state index is 0.0292. The molecular formula is C26H24FN3O5S. The maximum absolute atomic E-state index is 16.1. The minimum Gasteiger partial charge on any atom is -0.487 e. The van der Waals surface area contributed by atoms with Crippen LogP contribution in [0.3, 0.4) is 0 Å². The fourth-order valence-corrected chi connectivity index (χ4v) is 5.93. The first kappa shape index (κ1) is 22.8. The number of halogens is 1. The van der Waals surface area contributed by atoms with Gasteiger partial charge in [-0.25, -0.2) is 13.4 Å². The van der Waals surface area contributed by atoms with Crippen LogP contribution in [0, 0.1) is 11.7 Å². The molecule has 3 aromatic carbocycles. The number of benzene rings is 3. The molecule has 3 fully saturated rings. The van der Waals surface area contributed by atoms with Gasteiger partial charge < -0.3 is 9.64 Å². The van der Waals surface area contributed by atoms with Crippen molar-refractivity contribution in [2.45, 2.75) is 25.4 Å². The highest BCUT2D eigenvalue weighted by atomic mass is 32.2. The van der Waals surface area contributed by atoms with Gasteiger partial charge in [0.05, 0.1) is 0 Å². The molecule has 0 aromatic heterocycles. The number of nitrogens with zero attached hydrogens (tertiary/aromatic N) is 2. The van der Waals surface area contributed by atoms with Crippen LogP contribution in [-0.4, -0.2) is 44.8 Å². The van der Waals surface area contributed by atoms with Gasteiger partial charge in [0.25, 0.3) is 5.91 Å². The molecule has 1 N–H and O–H groups in total. The summed E-state index contributed by atoms with van der Waals surface area (Å²) in [7, 11) is -4.26. The lowest BCUT2D eigenvalue weighted by Gasteiger charge is -2.40. The topological polar surface area (TPSA) is 96.0 Å². The first-order valence-electron chi connectivity index (χ1n) is 11.8. The summed E-state index contributed by atoms with van der Waals surface area (Å²) in [6.45, 7) is 0.741. The molecule has 0 bridgehead atoms. The Hall–Kier alpha value is -3.66. The molecule has 6 rings (SSSR count). The number of ether oxygens (including phenoxy) is 1. The van der Waals surface area contributed by atoms with E-state index in [0.29, 0.717) is 18.5 Å². The molecular weight excluding hydrogens is 485 g/mol. The maximum Gasteiger partial charge on any atom is 0.326 e. The SMILES string of the molecule is O=C1CN(c2c(OCc3ccccc3)cc3ccc(C4CN(C(=O)C5CC5)C4)cc3c2F)S(=O)(=O)N1. The molecule has 2 amide bonds. The molecule has 0 spiro atoms. The van der Waals surface area contributed by atoms with Crippen LogP contribution in [-0.2, 0) is 26.4 Å². The monoisotopic (exact) mass is 509 g/mol. The molecule has 3 aliphatic rings. The second kappa shape index (κ2) is 8.48. The van der Waals surface area contributed by atoms with Crippen LogP contribution in [0.5, 0.6) is 5.75 Å². The number of fused-ring (bicyclic) bond motifs is 1. The van der Waals surface area contributed by atoms with Crippen molar-refractivity contribution >= 4 is 38.5 Å². The second-order valence-corrected chi connectivity index (χ2v) is 11.1. The average molecular weight is 510 g/mol. The smallest absolute Gasteiger partial charge is 0.326 e. The quantitative estimate of drug-likeness (QED) is 0.551. The lowest BCUT2D eigenvalue weighted by atomic mass is 9.89. The third-order valence-electron chi connectivity index (χ3n) is 6.94. The summed E-state index contributed by atoms with van der Waals surface area (Å²) in [4.78, 5) is 26.0. The number of rotatable bonds is 6. The molecule has 1 aliphatic carbocycles. The van der Waals surface area contributed by atoms with E-state index in [1.807, 2.05) is 46.0 Å². The number of carbonyl (C=O) groups excluding carboxylic acids is 2. The Morgan fingerprint density at radius 1 is 1.08 bits per heavy atom. The number of nitrogens with one attached hydrogen (secondary N) is 1. The van der Waals surface area contributed by atoms with E-state index in [4.69, 9.17) is 4.74 Å². The summed E-state index contributed by atoms with van der Waals surface area (Å²) in [5.41, 5.74) is 1.41. The number of anilines is 1. The Balaban J connectivity index is 1.36. The molecule has 2 saturated heterocycles. The van der Waals surface area contributed by atoms with E-state index in [9.17, 15) is 18.0 Å². The summed E-state index contributed by atoms with van der Waals surface area (Å²) >= 11 is 0. The minimum atomic E-state index is -4.26. The van der Waals surface area contributed by atoms with Crippen LogP contribution in [0.25, 0.3) is 10.8 Å². The lowest BCUT2D eigenvalue weighted by Crippen LogP contribution is -2.49. The average Bonchev–Trinajstić information content (AvgIpc) is 3.63. The molecule has 10 heteroatoms. The van der Waals surface area contributed by atoms with Crippen LogP contribution in [0.2, 0.25) is 0 Å². The summed E-state index contributed by atoms with van der Waals surface area (Å²) in [6, 6.07) is 16.2. The molecule has 8 nitrogen and oxygen atoms in total. The molecule has 2 heterocycles. The summed E-state index contributed by atoms with van der Waals surface area (Å²) < 4.78 is 49.8. The third-order valence-corrected chi connectivity index (χ3v) is 8.32. The standard InChI is InChI=1S/C26H24FN3O5S/c27-24-21-10-18(20-12-29(13-20)26(32)17-6-7-17)8-9-19(21)11-22(35-15-16-4-2-1-3-5-16)25(24)30-14-23(31)28-36(30,33)34/h1-5,8-11,17,20H,6-7,12-15H2,(H,28,31). The molecule has 3 aromatic rings. The van der Waals surface area contributed by atoms with Gasteiger partial charge in [-0.15, -0.1) is 0 Å². The van der Waals surface area contributed by atoms with Crippen LogP contribution in [0.4, 0.5) is 10.1 Å². The zero-order valence-corrected chi connectivity index (χ0v) is 20.1. The number of likely N-dealkylation sites (tertiary alicyclic amines) is 1. The van der Waals surface area contributed by atoms with Crippen molar-refractivity contribution in [1.82, 2.24) is 9.62 Å². The summed E-state index contributed by atoms with van der Waals surface area (Å²) in [5, 5.41) is 0.778. The molecule has 0 atom stereocenters. The van der Waals surface area contributed by atoms with Gasteiger partial charge in [-0.05, 0) is 41.5 Å². The fourth-order valence-electron chi connectivity index (χ4n) is 4.77. The third kappa shape index (κ3) is 4.05. The normalized spacial score (nSPS) is 19.3. The fraction of sp³-hybridized carbons (Fsp3) is 0.308. The van der Waals surface area contributed by atoms with Crippen LogP contribution in [0.15, 0.2) is 54.6 Å². The molecule has 2 aliphatic heterocycles.